The lowest BCUT2D eigenvalue weighted by molar-refractivity contribution is -0.0330. The summed E-state index contributed by atoms with van der Waals surface area (Å²) in [6.45, 7) is 4.97. The smallest absolute Gasteiger partial charge is 0.307 e. The molecule has 0 unspecified atom stereocenters. The van der Waals surface area contributed by atoms with Gasteiger partial charge in [0.2, 0.25) is 11.7 Å². The maximum Gasteiger partial charge on any atom is 0.307 e. The lowest BCUT2D eigenvalue weighted by atomic mass is 9.72. The summed E-state index contributed by atoms with van der Waals surface area (Å²) in [5.41, 5.74) is -0.918. The molecule has 0 bridgehead atoms. The molecule has 1 heterocycles. The van der Waals surface area contributed by atoms with E-state index in [-0.39, 0.29) is 12.3 Å². The van der Waals surface area contributed by atoms with Crippen LogP contribution in [-0.2, 0) is 12.3 Å². The van der Waals surface area contributed by atoms with Crippen LogP contribution in [0.15, 0.2) is 4.52 Å². The van der Waals surface area contributed by atoms with Crippen LogP contribution in [0.3, 0.4) is 0 Å². The van der Waals surface area contributed by atoms with Gasteiger partial charge in [-0.15, -0.1) is 0 Å². The van der Waals surface area contributed by atoms with Crippen LogP contribution in [0, 0.1) is 11.8 Å². The minimum absolute atomic E-state index is 0.0841. The number of hydrogen-bond donors (Lipinski definition) is 1. The Bertz CT molecular complexity index is 444. The van der Waals surface area contributed by atoms with Gasteiger partial charge in [-0.2, -0.15) is 13.8 Å². The standard InChI is InChI=1S/C13H20F2N2O2/c1-8-4-5-13(18,6-9(8)2)7-10-16-11(17-19-10)12(3,14)15/h8-9,18H,4-7H2,1-3H3/t8-,9+,13-/m1/s1. The van der Waals surface area contributed by atoms with Crippen LogP contribution in [0.25, 0.3) is 0 Å². The van der Waals surface area contributed by atoms with E-state index in [1.165, 1.54) is 0 Å². The normalized spacial score (nSPS) is 32.5. The molecule has 0 amide bonds. The van der Waals surface area contributed by atoms with Crippen LogP contribution in [0.4, 0.5) is 8.78 Å². The molecular formula is C13H20F2N2O2. The monoisotopic (exact) mass is 274 g/mol. The van der Waals surface area contributed by atoms with Crippen molar-refractivity contribution >= 4 is 0 Å². The number of halogens is 2. The highest BCUT2D eigenvalue weighted by Gasteiger charge is 2.38. The minimum atomic E-state index is -3.11. The first kappa shape index (κ1) is 14.4. The van der Waals surface area contributed by atoms with Crippen LogP contribution in [0.1, 0.15) is 51.7 Å². The van der Waals surface area contributed by atoms with Gasteiger partial charge in [0.25, 0.3) is 0 Å². The second kappa shape index (κ2) is 4.81. The van der Waals surface area contributed by atoms with E-state index in [0.717, 1.165) is 13.3 Å². The molecule has 0 aromatic carbocycles. The van der Waals surface area contributed by atoms with Gasteiger partial charge in [0.15, 0.2) is 0 Å². The van der Waals surface area contributed by atoms with E-state index in [9.17, 15) is 13.9 Å². The molecular weight excluding hydrogens is 254 g/mol. The maximum atomic E-state index is 13.0. The van der Waals surface area contributed by atoms with Crippen LogP contribution >= 0.6 is 0 Å². The molecule has 0 saturated heterocycles. The summed E-state index contributed by atoms with van der Waals surface area (Å²) in [7, 11) is 0. The molecule has 1 N–H and O–H groups in total. The Morgan fingerprint density at radius 3 is 2.63 bits per heavy atom. The molecule has 2 rings (SSSR count). The van der Waals surface area contributed by atoms with Gasteiger partial charge in [0, 0.05) is 6.92 Å². The zero-order valence-corrected chi connectivity index (χ0v) is 11.5. The van der Waals surface area contributed by atoms with Crippen molar-refractivity contribution in [2.75, 3.05) is 0 Å². The number of aliphatic hydroxyl groups is 1. The first-order chi connectivity index (χ1) is 8.70. The van der Waals surface area contributed by atoms with E-state index in [0.29, 0.717) is 24.7 Å². The molecule has 1 aromatic rings. The second-order valence-corrected chi connectivity index (χ2v) is 6.00. The van der Waals surface area contributed by atoms with Crippen LogP contribution in [0.5, 0.6) is 0 Å². The van der Waals surface area contributed by atoms with E-state index in [1.807, 2.05) is 0 Å². The van der Waals surface area contributed by atoms with E-state index in [1.54, 1.807) is 0 Å². The number of alkyl halides is 2. The van der Waals surface area contributed by atoms with Gasteiger partial charge in [-0.3, -0.25) is 0 Å². The average Bonchev–Trinajstić information content (AvgIpc) is 2.72. The Morgan fingerprint density at radius 1 is 1.42 bits per heavy atom. The summed E-state index contributed by atoms with van der Waals surface area (Å²) in [5, 5.41) is 13.8. The lowest BCUT2D eigenvalue weighted by Gasteiger charge is -2.38. The predicted octanol–water partition coefficient (Wildman–Crippen LogP) is 2.91. The zero-order chi connectivity index (χ0) is 14.3. The van der Waals surface area contributed by atoms with Crippen molar-refractivity contribution in [1.82, 2.24) is 10.1 Å². The third-order valence-electron chi connectivity index (χ3n) is 4.08. The quantitative estimate of drug-likeness (QED) is 0.920. The Labute approximate surface area is 111 Å². The van der Waals surface area contributed by atoms with Gasteiger partial charge in [0.1, 0.15) is 0 Å². The molecule has 108 valence electrons. The first-order valence-electron chi connectivity index (χ1n) is 6.63. The van der Waals surface area contributed by atoms with E-state index in [2.05, 4.69) is 24.0 Å². The second-order valence-electron chi connectivity index (χ2n) is 6.00. The Balaban J connectivity index is 2.06. The summed E-state index contributed by atoms with van der Waals surface area (Å²) >= 11 is 0. The Hall–Kier alpha value is -1.04. The molecule has 6 heteroatoms. The fourth-order valence-corrected chi connectivity index (χ4v) is 2.63. The van der Waals surface area contributed by atoms with Gasteiger partial charge in [-0.1, -0.05) is 19.0 Å². The van der Waals surface area contributed by atoms with Gasteiger partial charge in [-0.25, -0.2) is 0 Å². The molecule has 1 fully saturated rings. The fourth-order valence-electron chi connectivity index (χ4n) is 2.63. The maximum absolute atomic E-state index is 13.0. The van der Waals surface area contributed by atoms with Gasteiger partial charge in [0.05, 0.1) is 12.0 Å². The average molecular weight is 274 g/mol. The summed E-state index contributed by atoms with van der Waals surface area (Å²) < 4.78 is 30.8. The van der Waals surface area contributed by atoms with E-state index >= 15 is 0 Å². The number of rotatable bonds is 3. The highest BCUT2D eigenvalue weighted by molar-refractivity contribution is 4.99. The fraction of sp³-hybridized carbons (Fsp3) is 0.846. The summed E-state index contributed by atoms with van der Waals surface area (Å²) in [6, 6.07) is 0. The van der Waals surface area contributed by atoms with Crippen molar-refractivity contribution in [2.45, 2.75) is 58.0 Å². The summed E-state index contributed by atoms with van der Waals surface area (Å²) in [4.78, 5) is 3.68. The van der Waals surface area contributed by atoms with Crippen LogP contribution < -0.4 is 0 Å². The molecule has 0 aliphatic heterocycles. The molecule has 0 spiro atoms. The number of hydrogen-bond acceptors (Lipinski definition) is 4. The first-order valence-corrected chi connectivity index (χ1v) is 6.63. The third-order valence-corrected chi connectivity index (χ3v) is 4.08. The molecule has 1 saturated carbocycles. The molecule has 4 nitrogen and oxygen atoms in total. The van der Waals surface area contributed by atoms with Gasteiger partial charge >= 0.3 is 5.92 Å². The van der Waals surface area contributed by atoms with Crippen LogP contribution in [0.2, 0.25) is 0 Å². The minimum Gasteiger partial charge on any atom is -0.389 e. The van der Waals surface area contributed by atoms with Gasteiger partial charge < -0.3 is 9.63 Å². The largest absolute Gasteiger partial charge is 0.389 e. The molecule has 1 aliphatic carbocycles. The van der Waals surface area contributed by atoms with Crippen molar-refractivity contribution in [3.8, 4) is 0 Å². The molecule has 1 aliphatic rings. The lowest BCUT2D eigenvalue weighted by Crippen LogP contribution is -2.39. The SMILES string of the molecule is C[C@@H]1CC[C@](O)(Cc2nc(C(C)(F)F)no2)C[C@@H]1C. The highest BCUT2D eigenvalue weighted by Crippen LogP contribution is 2.38. The number of aromatic nitrogens is 2. The van der Waals surface area contributed by atoms with E-state index < -0.39 is 17.3 Å². The predicted molar refractivity (Wildman–Crippen MR) is 64.7 cm³/mol. The molecule has 3 atom stereocenters. The van der Waals surface area contributed by atoms with E-state index in [4.69, 9.17) is 4.52 Å². The topological polar surface area (TPSA) is 59.2 Å². The summed E-state index contributed by atoms with van der Waals surface area (Å²) in [5.74, 6) is -2.69. The molecule has 0 radical (unpaired) electrons. The van der Waals surface area contributed by atoms with Crippen LogP contribution in [-0.4, -0.2) is 20.8 Å². The highest BCUT2D eigenvalue weighted by atomic mass is 19.3. The number of nitrogens with zero attached hydrogens (tertiary/aromatic N) is 2. The van der Waals surface area contributed by atoms with Crippen molar-refractivity contribution in [1.29, 1.82) is 0 Å². The Morgan fingerprint density at radius 2 is 2.11 bits per heavy atom. The Kier molecular flexibility index (Phi) is 3.64. The third kappa shape index (κ3) is 3.29. The van der Waals surface area contributed by atoms with Gasteiger partial charge in [-0.05, 0) is 31.1 Å². The van der Waals surface area contributed by atoms with Crippen molar-refractivity contribution in [3.05, 3.63) is 11.7 Å². The molecule has 19 heavy (non-hydrogen) atoms. The van der Waals surface area contributed by atoms with Crippen molar-refractivity contribution in [2.24, 2.45) is 11.8 Å². The van der Waals surface area contributed by atoms with Crippen molar-refractivity contribution < 1.29 is 18.4 Å². The summed E-state index contributed by atoms with van der Waals surface area (Å²) in [6.07, 6.45) is 2.34. The zero-order valence-electron chi connectivity index (χ0n) is 11.5. The van der Waals surface area contributed by atoms with Crippen molar-refractivity contribution in [3.63, 3.8) is 0 Å². The molecule has 1 aromatic heterocycles.